The van der Waals surface area contributed by atoms with E-state index in [1.165, 1.54) is 11.8 Å². The van der Waals surface area contributed by atoms with Crippen LogP contribution >= 0.6 is 11.8 Å². The summed E-state index contributed by atoms with van der Waals surface area (Å²) in [4.78, 5) is 12.0. The number of hydrogen-bond acceptors (Lipinski definition) is 6. The van der Waals surface area contributed by atoms with E-state index in [0.717, 1.165) is 36.6 Å². The van der Waals surface area contributed by atoms with Crippen LogP contribution in [-0.2, 0) is 23.2 Å². The zero-order valence-corrected chi connectivity index (χ0v) is 15.9. The van der Waals surface area contributed by atoms with Gasteiger partial charge in [-0.25, -0.2) is 0 Å². The van der Waals surface area contributed by atoms with Crippen LogP contribution in [-0.4, -0.2) is 45.7 Å². The second-order valence-electron chi connectivity index (χ2n) is 6.24. The summed E-state index contributed by atoms with van der Waals surface area (Å²) < 4.78 is 13.2. The van der Waals surface area contributed by atoms with Crippen LogP contribution in [0.2, 0.25) is 0 Å². The molecule has 2 aromatic rings. The summed E-state index contributed by atoms with van der Waals surface area (Å²) in [7, 11) is 1.88. The van der Waals surface area contributed by atoms with E-state index in [1.54, 1.807) is 0 Å². The highest BCUT2D eigenvalue weighted by atomic mass is 32.2. The van der Waals surface area contributed by atoms with Gasteiger partial charge in [0.15, 0.2) is 11.0 Å². The van der Waals surface area contributed by atoms with E-state index < -0.39 is 0 Å². The molecule has 1 amide bonds. The van der Waals surface area contributed by atoms with Crippen molar-refractivity contribution in [1.82, 2.24) is 20.1 Å². The summed E-state index contributed by atoms with van der Waals surface area (Å²) in [6.45, 7) is 3.71. The number of para-hydroxylation sites is 1. The lowest BCUT2D eigenvalue weighted by Crippen LogP contribution is -2.32. The summed E-state index contributed by atoms with van der Waals surface area (Å²) in [6.07, 6.45) is 2.24. The summed E-state index contributed by atoms with van der Waals surface area (Å²) in [5, 5.41) is 11.9. The number of nitrogens with zero attached hydrogens (tertiary/aromatic N) is 3. The number of thioether (sulfide) groups is 1. The highest BCUT2D eigenvalue weighted by molar-refractivity contribution is 7.99. The number of amides is 1. The fourth-order valence-corrected chi connectivity index (χ4v) is 3.43. The molecule has 140 valence electrons. The molecule has 1 aliphatic heterocycles. The molecule has 0 aliphatic carbocycles. The van der Waals surface area contributed by atoms with E-state index in [1.807, 2.05) is 42.8 Å². The SMILES string of the molecule is Cc1ccccc1OCc1nnc(SCC(=O)NCC2CCCO2)n1C. The van der Waals surface area contributed by atoms with Crippen LogP contribution in [0.4, 0.5) is 0 Å². The Morgan fingerprint density at radius 1 is 1.42 bits per heavy atom. The zero-order valence-electron chi connectivity index (χ0n) is 15.1. The molecule has 2 heterocycles. The van der Waals surface area contributed by atoms with E-state index in [9.17, 15) is 4.79 Å². The average Bonchev–Trinajstić information content (AvgIpc) is 3.28. The van der Waals surface area contributed by atoms with Gasteiger partial charge in [-0.05, 0) is 31.4 Å². The Morgan fingerprint density at radius 3 is 3.04 bits per heavy atom. The predicted octanol–water partition coefficient (Wildman–Crippen LogP) is 2.09. The fourth-order valence-electron chi connectivity index (χ4n) is 2.67. The first-order chi connectivity index (χ1) is 12.6. The molecule has 1 aliphatic rings. The fraction of sp³-hybridized carbons (Fsp3) is 0.500. The maximum atomic E-state index is 12.0. The number of rotatable bonds is 8. The van der Waals surface area contributed by atoms with Gasteiger partial charge in [0, 0.05) is 20.2 Å². The zero-order chi connectivity index (χ0) is 18.4. The molecule has 0 radical (unpaired) electrons. The smallest absolute Gasteiger partial charge is 0.230 e. The van der Waals surface area contributed by atoms with Gasteiger partial charge in [-0.1, -0.05) is 30.0 Å². The minimum atomic E-state index is -0.0220. The molecule has 8 heteroatoms. The second-order valence-corrected chi connectivity index (χ2v) is 7.18. The topological polar surface area (TPSA) is 78.3 Å². The molecule has 7 nitrogen and oxygen atoms in total. The maximum absolute atomic E-state index is 12.0. The summed E-state index contributed by atoms with van der Waals surface area (Å²) in [6, 6.07) is 7.85. The van der Waals surface area contributed by atoms with E-state index in [4.69, 9.17) is 9.47 Å². The molecule has 1 aromatic carbocycles. The molecule has 1 saturated heterocycles. The lowest BCUT2D eigenvalue weighted by molar-refractivity contribution is -0.119. The Bertz CT molecular complexity index is 744. The van der Waals surface area contributed by atoms with Crippen molar-refractivity contribution in [3.8, 4) is 5.75 Å². The van der Waals surface area contributed by atoms with Crippen LogP contribution < -0.4 is 10.1 Å². The highest BCUT2D eigenvalue weighted by Crippen LogP contribution is 2.19. The molecule has 3 rings (SSSR count). The molecule has 0 saturated carbocycles. The number of hydrogen-bond donors (Lipinski definition) is 1. The second kappa shape index (κ2) is 9.05. The van der Waals surface area contributed by atoms with Gasteiger partial charge < -0.3 is 19.4 Å². The predicted molar refractivity (Wildman–Crippen MR) is 99.2 cm³/mol. The quantitative estimate of drug-likeness (QED) is 0.711. The van der Waals surface area contributed by atoms with Gasteiger partial charge in [0.25, 0.3) is 0 Å². The van der Waals surface area contributed by atoms with Crippen LogP contribution in [0, 0.1) is 6.92 Å². The van der Waals surface area contributed by atoms with Crippen molar-refractivity contribution in [1.29, 1.82) is 0 Å². The van der Waals surface area contributed by atoms with E-state index in [-0.39, 0.29) is 12.0 Å². The van der Waals surface area contributed by atoms with Crippen molar-refractivity contribution in [2.75, 3.05) is 18.9 Å². The van der Waals surface area contributed by atoms with Gasteiger partial charge in [-0.2, -0.15) is 0 Å². The van der Waals surface area contributed by atoms with E-state index in [0.29, 0.717) is 24.1 Å². The standard InChI is InChI=1S/C18H24N4O3S/c1-13-6-3-4-8-15(13)25-11-16-20-21-18(22(16)2)26-12-17(23)19-10-14-7-5-9-24-14/h3-4,6,8,14H,5,7,9-12H2,1-2H3,(H,19,23). The molecule has 1 unspecified atom stereocenters. The first-order valence-electron chi connectivity index (χ1n) is 8.71. The molecular formula is C18H24N4O3S. The van der Waals surface area contributed by atoms with Crippen LogP contribution in [0.3, 0.4) is 0 Å². The van der Waals surface area contributed by atoms with Crippen LogP contribution in [0.5, 0.6) is 5.75 Å². The third kappa shape index (κ3) is 4.98. The maximum Gasteiger partial charge on any atom is 0.230 e. The molecule has 1 fully saturated rings. The summed E-state index contributed by atoms with van der Waals surface area (Å²) >= 11 is 1.36. The van der Waals surface area contributed by atoms with Gasteiger partial charge >= 0.3 is 0 Å². The number of aromatic nitrogens is 3. The number of nitrogens with one attached hydrogen (secondary N) is 1. The number of ether oxygens (including phenoxy) is 2. The number of benzene rings is 1. The normalized spacial score (nSPS) is 16.6. The van der Waals surface area contributed by atoms with E-state index >= 15 is 0 Å². The number of carbonyl (C=O) groups is 1. The molecule has 26 heavy (non-hydrogen) atoms. The summed E-state index contributed by atoms with van der Waals surface area (Å²) in [5.41, 5.74) is 1.08. The van der Waals surface area contributed by atoms with Crippen molar-refractivity contribution in [2.45, 2.75) is 37.6 Å². The van der Waals surface area contributed by atoms with Crippen molar-refractivity contribution < 1.29 is 14.3 Å². The Hall–Kier alpha value is -2.06. The van der Waals surface area contributed by atoms with E-state index in [2.05, 4.69) is 15.5 Å². The minimum Gasteiger partial charge on any atom is -0.485 e. The number of aryl methyl sites for hydroxylation is 1. The van der Waals surface area contributed by atoms with Crippen LogP contribution in [0.15, 0.2) is 29.4 Å². The first kappa shape index (κ1) is 18.7. The monoisotopic (exact) mass is 376 g/mol. The van der Waals surface area contributed by atoms with Gasteiger partial charge in [0.1, 0.15) is 12.4 Å². The highest BCUT2D eigenvalue weighted by Gasteiger charge is 2.17. The molecule has 1 aromatic heterocycles. The molecule has 0 spiro atoms. The third-order valence-electron chi connectivity index (χ3n) is 4.26. The van der Waals surface area contributed by atoms with Crippen molar-refractivity contribution in [2.24, 2.45) is 7.05 Å². The van der Waals surface area contributed by atoms with Gasteiger partial charge in [0.2, 0.25) is 5.91 Å². The largest absolute Gasteiger partial charge is 0.485 e. The van der Waals surface area contributed by atoms with Gasteiger partial charge in [0.05, 0.1) is 11.9 Å². The van der Waals surface area contributed by atoms with Gasteiger partial charge in [-0.3, -0.25) is 4.79 Å². The van der Waals surface area contributed by atoms with Crippen molar-refractivity contribution >= 4 is 17.7 Å². The van der Waals surface area contributed by atoms with Crippen LogP contribution in [0.25, 0.3) is 0 Å². The van der Waals surface area contributed by atoms with Crippen molar-refractivity contribution in [3.63, 3.8) is 0 Å². The lowest BCUT2D eigenvalue weighted by atomic mass is 10.2. The Labute approximate surface area is 157 Å². The third-order valence-corrected chi connectivity index (χ3v) is 5.28. The Kier molecular flexibility index (Phi) is 6.51. The first-order valence-corrected chi connectivity index (χ1v) is 9.70. The average molecular weight is 376 g/mol. The van der Waals surface area contributed by atoms with Crippen molar-refractivity contribution in [3.05, 3.63) is 35.7 Å². The van der Waals surface area contributed by atoms with Gasteiger partial charge in [-0.15, -0.1) is 10.2 Å². The Balaban J connectivity index is 1.45. The molecule has 1 atom stereocenters. The minimum absolute atomic E-state index is 0.0220. The Morgan fingerprint density at radius 2 is 2.27 bits per heavy atom. The molecule has 1 N–H and O–H groups in total. The van der Waals surface area contributed by atoms with Crippen LogP contribution in [0.1, 0.15) is 24.2 Å². The summed E-state index contributed by atoms with van der Waals surface area (Å²) in [5.74, 6) is 1.83. The lowest BCUT2D eigenvalue weighted by Gasteiger charge is -2.10. The molecule has 0 bridgehead atoms. The number of carbonyl (C=O) groups excluding carboxylic acids is 1. The molecular weight excluding hydrogens is 352 g/mol.